The van der Waals surface area contributed by atoms with E-state index in [-0.39, 0.29) is 5.91 Å². The van der Waals surface area contributed by atoms with Crippen molar-refractivity contribution in [2.75, 3.05) is 6.54 Å². The molecule has 0 bridgehead atoms. The molecule has 0 spiro atoms. The molecular weight excluding hydrogens is 132 g/mol. The third-order valence-corrected chi connectivity index (χ3v) is 1.37. The number of amides is 1. The van der Waals surface area contributed by atoms with Gasteiger partial charge in [-0.3, -0.25) is 4.79 Å². The van der Waals surface area contributed by atoms with Crippen molar-refractivity contribution in [3.63, 3.8) is 0 Å². The summed E-state index contributed by atoms with van der Waals surface area (Å²) in [5.74, 6) is -0.253. The zero-order valence-electron chi connectivity index (χ0n) is 5.74. The molecule has 1 aliphatic heterocycles. The lowest BCUT2D eigenvalue weighted by Crippen LogP contribution is -2.48. The van der Waals surface area contributed by atoms with E-state index < -0.39 is 6.35 Å². The van der Waals surface area contributed by atoms with Gasteiger partial charge in [-0.25, -0.2) is 0 Å². The Balaban J connectivity index is 2.62. The predicted molar refractivity (Wildman–Crippen MR) is 35.7 cm³/mol. The SMILES string of the molecule is CCN1C=CC(=O)NC1O. The van der Waals surface area contributed by atoms with Gasteiger partial charge in [0.1, 0.15) is 0 Å². The van der Waals surface area contributed by atoms with Gasteiger partial charge in [0.05, 0.1) is 0 Å². The Morgan fingerprint density at radius 2 is 2.60 bits per heavy atom. The summed E-state index contributed by atoms with van der Waals surface area (Å²) in [6, 6.07) is 0. The van der Waals surface area contributed by atoms with E-state index in [1.165, 1.54) is 6.08 Å². The van der Waals surface area contributed by atoms with Crippen LogP contribution in [0.15, 0.2) is 12.3 Å². The molecule has 4 heteroatoms. The number of nitrogens with zero attached hydrogens (tertiary/aromatic N) is 1. The first-order valence-electron chi connectivity index (χ1n) is 3.16. The van der Waals surface area contributed by atoms with Crippen molar-refractivity contribution in [1.29, 1.82) is 0 Å². The van der Waals surface area contributed by atoms with E-state index in [0.717, 1.165) is 0 Å². The second-order valence-corrected chi connectivity index (χ2v) is 2.03. The summed E-state index contributed by atoms with van der Waals surface area (Å²) >= 11 is 0. The molecule has 4 nitrogen and oxygen atoms in total. The maximum atomic E-state index is 10.6. The quantitative estimate of drug-likeness (QED) is 0.505. The normalized spacial score (nSPS) is 24.8. The molecule has 0 saturated carbocycles. The van der Waals surface area contributed by atoms with Gasteiger partial charge < -0.3 is 15.3 Å². The number of rotatable bonds is 1. The lowest BCUT2D eigenvalue weighted by atomic mass is 10.4. The standard InChI is InChI=1S/C6H10N2O2/c1-2-8-4-3-5(9)7-6(8)10/h3-4,6,10H,2H2,1H3,(H,7,9). The number of hydrogen-bond donors (Lipinski definition) is 2. The molecular formula is C6H10N2O2. The number of nitrogens with one attached hydrogen (secondary N) is 1. The highest BCUT2D eigenvalue weighted by Crippen LogP contribution is 1.98. The van der Waals surface area contributed by atoms with Crippen LogP contribution in [0.25, 0.3) is 0 Å². The van der Waals surface area contributed by atoms with Crippen LogP contribution >= 0.6 is 0 Å². The molecule has 1 unspecified atom stereocenters. The van der Waals surface area contributed by atoms with Gasteiger partial charge in [0.2, 0.25) is 12.3 Å². The number of carbonyl (C=O) groups is 1. The zero-order chi connectivity index (χ0) is 7.56. The number of carbonyl (C=O) groups excluding carboxylic acids is 1. The van der Waals surface area contributed by atoms with Crippen LogP contribution < -0.4 is 5.32 Å². The summed E-state index contributed by atoms with van der Waals surface area (Å²) in [7, 11) is 0. The van der Waals surface area contributed by atoms with Gasteiger partial charge in [-0.05, 0) is 6.92 Å². The first kappa shape index (κ1) is 7.08. The van der Waals surface area contributed by atoms with Gasteiger partial charge in [0.25, 0.3) is 0 Å². The highest BCUT2D eigenvalue weighted by molar-refractivity contribution is 5.88. The van der Waals surface area contributed by atoms with Crippen LogP contribution in [-0.2, 0) is 4.79 Å². The Hall–Kier alpha value is -1.03. The van der Waals surface area contributed by atoms with Crippen molar-refractivity contribution in [3.8, 4) is 0 Å². The molecule has 1 atom stereocenters. The molecule has 0 aromatic carbocycles. The molecule has 0 fully saturated rings. The Morgan fingerprint density at radius 1 is 1.90 bits per heavy atom. The average molecular weight is 142 g/mol. The molecule has 0 radical (unpaired) electrons. The van der Waals surface area contributed by atoms with E-state index >= 15 is 0 Å². The third-order valence-electron chi connectivity index (χ3n) is 1.37. The van der Waals surface area contributed by atoms with Crippen LogP contribution in [0.5, 0.6) is 0 Å². The van der Waals surface area contributed by atoms with Crippen molar-refractivity contribution >= 4 is 5.91 Å². The monoisotopic (exact) mass is 142 g/mol. The van der Waals surface area contributed by atoms with Crippen LogP contribution in [0.4, 0.5) is 0 Å². The highest BCUT2D eigenvalue weighted by atomic mass is 16.3. The smallest absolute Gasteiger partial charge is 0.248 e. The van der Waals surface area contributed by atoms with E-state index in [9.17, 15) is 4.79 Å². The summed E-state index contributed by atoms with van der Waals surface area (Å²) in [6.07, 6.45) is 2.10. The van der Waals surface area contributed by atoms with Crippen LogP contribution in [0, 0.1) is 0 Å². The molecule has 1 amide bonds. The lowest BCUT2D eigenvalue weighted by molar-refractivity contribution is -0.124. The van der Waals surface area contributed by atoms with Crippen molar-refractivity contribution in [3.05, 3.63) is 12.3 Å². The van der Waals surface area contributed by atoms with E-state index in [1.807, 2.05) is 6.92 Å². The largest absolute Gasteiger partial charge is 0.356 e. The van der Waals surface area contributed by atoms with Crippen molar-refractivity contribution in [1.82, 2.24) is 10.2 Å². The molecule has 0 saturated heterocycles. The third kappa shape index (κ3) is 1.27. The van der Waals surface area contributed by atoms with Gasteiger partial charge in [-0.2, -0.15) is 0 Å². The fourth-order valence-electron chi connectivity index (χ4n) is 0.782. The molecule has 56 valence electrons. The number of aliphatic hydroxyl groups excluding tert-OH is 1. The minimum atomic E-state index is -0.859. The lowest BCUT2D eigenvalue weighted by Gasteiger charge is -2.27. The number of hydrogen-bond acceptors (Lipinski definition) is 3. The van der Waals surface area contributed by atoms with Crippen LogP contribution in [0.1, 0.15) is 6.92 Å². The van der Waals surface area contributed by atoms with Gasteiger partial charge >= 0.3 is 0 Å². The molecule has 1 rings (SSSR count). The topological polar surface area (TPSA) is 52.6 Å². The predicted octanol–water partition coefficient (Wildman–Crippen LogP) is -0.772. The van der Waals surface area contributed by atoms with Crippen molar-refractivity contribution in [2.45, 2.75) is 13.3 Å². The molecule has 2 N–H and O–H groups in total. The first-order valence-corrected chi connectivity index (χ1v) is 3.16. The summed E-state index contributed by atoms with van der Waals surface area (Å²) in [5, 5.41) is 11.4. The highest BCUT2D eigenvalue weighted by Gasteiger charge is 2.15. The maximum absolute atomic E-state index is 10.6. The summed E-state index contributed by atoms with van der Waals surface area (Å²) in [4.78, 5) is 12.2. The Labute approximate surface area is 59.1 Å². The summed E-state index contributed by atoms with van der Waals surface area (Å²) in [6.45, 7) is 2.57. The van der Waals surface area contributed by atoms with E-state index in [2.05, 4.69) is 5.32 Å². The fraction of sp³-hybridized carbons (Fsp3) is 0.500. The fourth-order valence-corrected chi connectivity index (χ4v) is 0.782. The molecule has 0 aromatic heterocycles. The van der Waals surface area contributed by atoms with Crippen molar-refractivity contribution in [2.24, 2.45) is 0 Å². The van der Waals surface area contributed by atoms with Gasteiger partial charge in [0, 0.05) is 18.8 Å². The van der Waals surface area contributed by atoms with Crippen LogP contribution in [0.2, 0.25) is 0 Å². The number of aliphatic hydroxyl groups is 1. The average Bonchev–Trinajstić information content (AvgIpc) is 1.88. The minimum absolute atomic E-state index is 0.253. The van der Waals surface area contributed by atoms with Crippen LogP contribution in [-0.4, -0.2) is 28.8 Å². The van der Waals surface area contributed by atoms with Gasteiger partial charge in [-0.15, -0.1) is 0 Å². The Bertz CT molecular complexity index is 167. The van der Waals surface area contributed by atoms with E-state index in [4.69, 9.17) is 5.11 Å². The molecule has 1 aliphatic rings. The van der Waals surface area contributed by atoms with Gasteiger partial charge in [-0.1, -0.05) is 0 Å². The molecule has 1 heterocycles. The Kier molecular flexibility index (Phi) is 1.91. The van der Waals surface area contributed by atoms with Crippen molar-refractivity contribution < 1.29 is 9.90 Å². The zero-order valence-corrected chi connectivity index (χ0v) is 5.74. The second-order valence-electron chi connectivity index (χ2n) is 2.03. The maximum Gasteiger partial charge on any atom is 0.248 e. The van der Waals surface area contributed by atoms with Crippen LogP contribution in [0.3, 0.4) is 0 Å². The molecule has 0 aromatic rings. The van der Waals surface area contributed by atoms with Gasteiger partial charge in [0.15, 0.2) is 0 Å². The minimum Gasteiger partial charge on any atom is -0.356 e. The second kappa shape index (κ2) is 2.70. The summed E-state index contributed by atoms with van der Waals surface area (Å²) < 4.78 is 0. The molecule has 0 aliphatic carbocycles. The summed E-state index contributed by atoms with van der Waals surface area (Å²) in [5.41, 5.74) is 0. The first-order chi connectivity index (χ1) is 4.74. The molecule has 10 heavy (non-hydrogen) atoms. The van der Waals surface area contributed by atoms with E-state index in [1.54, 1.807) is 11.1 Å². The Morgan fingerprint density at radius 3 is 3.10 bits per heavy atom. The van der Waals surface area contributed by atoms with E-state index in [0.29, 0.717) is 6.54 Å².